The van der Waals surface area contributed by atoms with E-state index in [4.69, 9.17) is 0 Å². The van der Waals surface area contributed by atoms with Crippen LogP contribution in [-0.4, -0.2) is 18.5 Å². The summed E-state index contributed by atoms with van der Waals surface area (Å²) in [5.74, 6) is 0.00936. The maximum absolute atomic E-state index is 11.9. The van der Waals surface area contributed by atoms with Gasteiger partial charge in [-0.05, 0) is 37.4 Å². The molecular weight excluding hydrogens is 224 g/mol. The number of benzene rings is 1. The van der Waals surface area contributed by atoms with Crippen molar-refractivity contribution in [2.75, 3.05) is 11.9 Å². The third-order valence-corrected chi connectivity index (χ3v) is 2.76. The Morgan fingerprint density at radius 3 is 2.39 bits per heavy atom. The molecule has 1 aromatic carbocycles. The van der Waals surface area contributed by atoms with Crippen molar-refractivity contribution < 1.29 is 4.79 Å². The Labute approximate surface area is 110 Å². The van der Waals surface area contributed by atoms with E-state index in [1.54, 1.807) is 0 Å². The van der Waals surface area contributed by atoms with E-state index in [1.807, 2.05) is 37.3 Å². The van der Waals surface area contributed by atoms with Gasteiger partial charge in [0.15, 0.2) is 0 Å². The van der Waals surface area contributed by atoms with Crippen LogP contribution in [0.1, 0.15) is 34.1 Å². The fourth-order valence-corrected chi connectivity index (χ4v) is 1.53. The first-order valence-electron chi connectivity index (χ1n) is 6.48. The summed E-state index contributed by atoms with van der Waals surface area (Å²) < 4.78 is 0. The van der Waals surface area contributed by atoms with Crippen molar-refractivity contribution in [3.05, 3.63) is 30.3 Å². The number of carbonyl (C=O) groups excluding carboxylic acids is 1. The summed E-state index contributed by atoms with van der Waals surface area (Å²) in [6.45, 7) is 9.34. The molecule has 0 bridgehead atoms. The molecule has 0 saturated heterocycles. The van der Waals surface area contributed by atoms with Crippen molar-refractivity contribution in [3.8, 4) is 0 Å². The van der Waals surface area contributed by atoms with E-state index in [9.17, 15) is 4.79 Å². The van der Waals surface area contributed by atoms with Crippen LogP contribution in [0.2, 0.25) is 0 Å². The van der Waals surface area contributed by atoms with E-state index in [0.717, 1.165) is 18.7 Å². The molecule has 0 aliphatic rings. The van der Waals surface area contributed by atoms with Crippen molar-refractivity contribution in [3.63, 3.8) is 0 Å². The topological polar surface area (TPSA) is 41.1 Å². The molecule has 1 rings (SSSR count). The predicted octanol–water partition coefficient (Wildman–Crippen LogP) is 3.04. The van der Waals surface area contributed by atoms with Gasteiger partial charge in [0, 0.05) is 5.69 Å². The second kappa shape index (κ2) is 6.55. The maximum Gasteiger partial charge on any atom is 0.241 e. The number of nitrogens with one attached hydrogen (secondary N) is 2. The van der Waals surface area contributed by atoms with Crippen molar-refractivity contribution in [1.82, 2.24) is 5.32 Å². The highest BCUT2D eigenvalue weighted by Gasteiger charge is 2.14. The molecule has 0 heterocycles. The molecule has 3 nitrogen and oxygen atoms in total. The number of hydrogen-bond donors (Lipinski definition) is 2. The van der Waals surface area contributed by atoms with E-state index < -0.39 is 0 Å². The van der Waals surface area contributed by atoms with Crippen LogP contribution in [0.25, 0.3) is 0 Å². The molecule has 1 aromatic rings. The minimum absolute atomic E-state index is 0.00936. The zero-order valence-electron chi connectivity index (χ0n) is 11.8. The van der Waals surface area contributed by atoms with Gasteiger partial charge in [-0.2, -0.15) is 0 Å². The van der Waals surface area contributed by atoms with Gasteiger partial charge in [-0.25, -0.2) is 0 Å². The van der Waals surface area contributed by atoms with Crippen molar-refractivity contribution in [2.45, 2.75) is 40.2 Å². The molecule has 0 radical (unpaired) electrons. The van der Waals surface area contributed by atoms with Crippen molar-refractivity contribution >= 4 is 11.6 Å². The van der Waals surface area contributed by atoms with Gasteiger partial charge < -0.3 is 10.6 Å². The second-order valence-electron chi connectivity index (χ2n) is 5.84. The highest BCUT2D eigenvalue weighted by Crippen LogP contribution is 2.17. The molecule has 18 heavy (non-hydrogen) atoms. The van der Waals surface area contributed by atoms with E-state index in [2.05, 4.69) is 31.4 Å². The van der Waals surface area contributed by atoms with Crippen LogP contribution in [0.4, 0.5) is 5.69 Å². The fraction of sp³-hybridized carbons (Fsp3) is 0.533. The smallest absolute Gasteiger partial charge is 0.241 e. The zero-order valence-corrected chi connectivity index (χ0v) is 11.8. The average molecular weight is 248 g/mol. The Morgan fingerprint density at radius 2 is 1.83 bits per heavy atom. The summed E-state index contributed by atoms with van der Waals surface area (Å²) >= 11 is 0. The molecule has 3 heteroatoms. The third kappa shape index (κ3) is 5.82. The number of amides is 1. The number of hydrogen-bond acceptors (Lipinski definition) is 2. The molecule has 0 saturated carbocycles. The minimum atomic E-state index is -0.174. The Kier molecular flexibility index (Phi) is 5.35. The molecule has 1 amide bonds. The first-order chi connectivity index (χ1) is 8.38. The van der Waals surface area contributed by atoms with Crippen molar-refractivity contribution in [1.29, 1.82) is 0 Å². The highest BCUT2D eigenvalue weighted by atomic mass is 16.2. The van der Waals surface area contributed by atoms with Crippen LogP contribution in [0.5, 0.6) is 0 Å². The van der Waals surface area contributed by atoms with Gasteiger partial charge in [0.25, 0.3) is 0 Å². The summed E-state index contributed by atoms with van der Waals surface area (Å²) in [4.78, 5) is 11.9. The second-order valence-corrected chi connectivity index (χ2v) is 5.84. The first kappa shape index (κ1) is 14.7. The molecular formula is C15H24N2O. The lowest BCUT2D eigenvalue weighted by Gasteiger charge is -2.20. The largest absolute Gasteiger partial charge is 0.325 e. The van der Waals surface area contributed by atoms with Crippen LogP contribution >= 0.6 is 0 Å². The quantitative estimate of drug-likeness (QED) is 0.841. The van der Waals surface area contributed by atoms with Gasteiger partial charge in [-0.15, -0.1) is 0 Å². The Balaban J connectivity index is 2.34. The monoisotopic (exact) mass is 248 g/mol. The first-order valence-corrected chi connectivity index (χ1v) is 6.48. The zero-order chi connectivity index (χ0) is 13.6. The van der Waals surface area contributed by atoms with Gasteiger partial charge in [-0.3, -0.25) is 4.79 Å². The van der Waals surface area contributed by atoms with E-state index >= 15 is 0 Å². The van der Waals surface area contributed by atoms with Crippen LogP contribution in [-0.2, 0) is 4.79 Å². The van der Waals surface area contributed by atoms with Gasteiger partial charge in [0.05, 0.1) is 6.04 Å². The number of para-hydroxylation sites is 1. The molecule has 1 atom stereocenters. The summed E-state index contributed by atoms with van der Waals surface area (Å²) in [5, 5.41) is 6.14. The van der Waals surface area contributed by atoms with Crippen LogP contribution < -0.4 is 10.6 Å². The standard InChI is InChI=1S/C15H24N2O/c1-12(16-11-10-15(2,3)4)14(18)17-13-8-6-5-7-9-13/h5-9,12,16H,10-11H2,1-4H3,(H,17,18). The van der Waals surface area contributed by atoms with Gasteiger partial charge in [0.1, 0.15) is 0 Å². The number of carbonyl (C=O) groups is 1. The molecule has 0 fully saturated rings. The highest BCUT2D eigenvalue weighted by molar-refractivity contribution is 5.94. The van der Waals surface area contributed by atoms with Gasteiger partial charge in [0.2, 0.25) is 5.91 Å². The Hall–Kier alpha value is -1.35. The third-order valence-electron chi connectivity index (χ3n) is 2.76. The molecule has 2 N–H and O–H groups in total. The van der Waals surface area contributed by atoms with Gasteiger partial charge >= 0.3 is 0 Å². The van der Waals surface area contributed by atoms with Crippen molar-refractivity contribution in [2.24, 2.45) is 5.41 Å². The van der Waals surface area contributed by atoms with Crippen LogP contribution in [0.15, 0.2) is 30.3 Å². The molecule has 0 aliphatic carbocycles. The van der Waals surface area contributed by atoms with E-state index in [0.29, 0.717) is 5.41 Å². The summed E-state index contributed by atoms with van der Waals surface area (Å²) in [6.07, 6.45) is 1.05. The summed E-state index contributed by atoms with van der Waals surface area (Å²) in [6, 6.07) is 9.36. The number of anilines is 1. The van der Waals surface area contributed by atoms with Crippen LogP contribution in [0, 0.1) is 5.41 Å². The van der Waals surface area contributed by atoms with Gasteiger partial charge in [-0.1, -0.05) is 39.0 Å². The minimum Gasteiger partial charge on any atom is -0.325 e. The average Bonchev–Trinajstić information content (AvgIpc) is 2.28. The lowest BCUT2D eigenvalue weighted by molar-refractivity contribution is -0.117. The molecule has 1 unspecified atom stereocenters. The molecule has 0 aromatic heterocycles. The lowest BCUT2D eigenvalue weighted by Crippen LogP contribution is -2.39. The number of rotatable bonds is 5. The molecule has 100 valence electrons. The fourth-order valence-electron chi connectivity index (χ4n) is 1.53. The van der Waals surface area contributed by atoms with Crippen LogP contribution in [0.3, 0.4) is 0 Å². The normalized spacial score (nSPS) is 13.1. The molecule has 0 spiro atoms. The predicted molar refractivity (Wildman–Crippen MR) is 76.6 cm³/mol. The SMILES string of the molecule is CC(NCCC(C)(C)C)C(=O)Nc1ccccc1. The summed E-state index contributed by atoms with van der Waals surface area (Å²) in [7, 11) is 0. The van der Waals surface area contributed by atoms with E-state index in [-0.39, 0.29) is 11.9 Å². The lowest BCUT2D eigenvalue weighted by atomic mass is 9.92. The van der Waals surface area contributed by atoms with E-state index in [1.165, 1.54) is 0 Å². The summed E-state index contributed by atoms with van der Waals surface area (Å²) in [5.41, 5.74) is 1.13. The Morgan fingerprint density at radius 1 is 1.22 bits per heavy atom. The maximum atomic E-state index is 11.9. The molecule has 0 aliphatic heterocycles. The Bertz CT molecular complexity index is 368.